The molecule has 0 radical (unpaired) electrons. The molecule has 0 N–H and O–H groups in total. The molecule has 0 saturated heterocycles. The molecular formula is C12H12O2. The van der Waals surface area contributed by atoms with E-state index < -0.39 is 0 Å². The van der Waals surface area contributed by atoms with Crippen molar-refractivity contribution >= 4 is 12.0 Å². The van der Waals surface area contributed by atoms with Gasteiger partial charge in [-0.15, -0.1) is 0 Å². The lowest BCUT2D eigenvalue weighted by molar-refractivity contribution is 0.0600. The minimum Gasteiger partial charge on any atom is -0.465 e. The van der Waals surface area contributed by atoms with Gasteiger partial charge >= 0.3 is 5.97 Å². The summed E-state index contributed by atoms with van der Waals surface area (Å²) < 4.78 is 4.67. The lowest BCUT2D eigenvalue weighted by Gasteiger charge is -2.10. The molecule has 0 aliphatic heterocycles. The standard InChI is InChI=1S/C12H12O2/c1-14-12(13)11-7-6-9-4-2-3-5-10(9)8-11/h2,4,6-8H,3,5H2,1H3. The number of benzene rings is 1. The molecule has 2 heteroatoms. The molecule has 1 aliphatic rings. The van der Waals surface area contributed by atoms with Gasteiger partial charge in [0, 0.05) is 0 Å². The summed E-state index contributed by atoms with van der Waals surface area (Å²) in [4.78, 5) is 11.3. The van der Waals surface area contributed by atoms with E-state index in [0.717, 1.165) is 12.8 Å². The zero-order chi connectivity index (χ0) is 9.97. The SMILES string of the molecule is COC(=O)c1ccc2c(c1)CCC=C2. The minimum atomic E-state index is -0.262. The Morgan fingerprint density at radius 3 is 3.07 bits per heavy atom. The number of methoxy groups -OCH3 is 1. The van der Waals surface area contributed by atoms with Crippen LogP contribution in [0.3, 0.4) is 0 Å². The van der Waals surface area contributed by atoms with Gasteiger partial charge in [0.15, 0.2) is 0 Å². The van der Waals surface area contributed by atoms with Crippen LogP contribution in [0.15, 0.2) is 24.3 Å². The summed E-state index contributed by atoms with van der Waals surface area (Å²) >= 11 is 0. The van der Waals surface area contributed by atoms with E-state index in [1.807, 2.05) is 12.1 Å². The van der Waals surface area contributed by atoms with E-state index in [4.69, 9.17) is 0 Å². The third-order valence-corrected chi connectivity index (χ3v) is 2.44. The molecule has 0 amide bonds. The molecule has 0 unspecified atom stereocenters. The van der Waals surface area contributed by atoms with Gasteiger partial charge in [0.1, 0.15) is 0 Å². The summed E-state index contributed by atoms with van der Waals surface area (Å²) in [6, 6.07) is 5.70. The van der Waals surface area contributed by atoms with Crippen LogP contribution >= 0.6 is 0 Å². The second-order valence-electron chi connectivity index (χ2n) is 3.35. The van der Waals surface area contributed by atoms with Crippen LogP contribution in [0.5, 0.6) is 0 Å². The van der Waals surface area contributed by atoms with Crippen molar-refractivity contribution in [2.75, 3.05) is 7.11 Å². The maximum atomic E-state index is 11.3. The number of hydrogen-bond donors (Lipinski definition) is 0. The van der Waals surface area contributed by atoms with Crippen LogP contribution in [0.4, 0.5) is 0 Å². The molecule has 2 nitrogen and oxygen atoms in total. The molecule has 0 bridgehead atoms. The van der Waals surface area contributed by atoms with E-state index in [2.05, 4.69) is 16.9 Å². The van der Waals surface area contributed by atoms with Crippen LogP contribution in [0.1, 0.15) is 27.9 Å². The number of allylic oxidation sites excluding steroid dienone is 1. The second kappa shape index (κ2) is 3.66. The number of carbonyl (C=O) groups is 1. The van der Waals surface area contributed by atoms with Crippen molar-refractivity contribution in [1.29, 1.82) is 0 Å². The van der Waals surface area contributed by atoms with Gasteiger partial charge in [0.25, 0.3) is 0 Å². The Labute approximate surface area is 83.2 Å². The molecule has 0 spiro atoms. The quantitative estimate of drug-likeness (QED) is 0.633. The van der Waals surface area contributed by atoms with Crippen LogP contribution < -0.4 is 0 Å². The van der Waals surface area contributed by atoms with Gasteiger partial charge in [-0.1, -0.05) is 18.2 Å². The van der Waals surface area contributed by atoms with E-state index in [0.29, 0.717) is 5.56 Å². The first-order valence-electron chi connectivity index (χ1n) is 4.69. The van der Waals surface area contributed by atoms with Gasteiger partial charge in [-0.25, -0.2) is 4.79 Å². The highest BCUT2D eigenvalue weighted by molar-refractivity contribution is 5.90. The molecule has 0 atom stereocenters. The first-order chi connectivity index (χ1) is 6.81. The van der Waals surface area contributed by atoms with E-state index in [9.17, 15) is 4.79 Å². The molecule has 1 aromatic rings. The molecule has 0 heterocycles. The van der Waals surface area contributed by atoms with E-state index in [1.165, 1.54) is 18.2 Å². The molecule has 72 valence electrons. The number of carbonyl (C=O) groups excluding carboxylic acids is 1. The Kier molecular flexibility index (Phi) is 2.35. The fourth-order valence-electron chi connectivity index (χ4n) is 1.68. The lowest BCUT2D eigenvalue weighted by atomic mass is 9.95. The Balaban J connectivity index is 2.39. The van der Waals surface area contributed by atoms with Gasteiger partial charge in [0.2, 0.25) is 0 Å². The maximum absolute atomic E-state index is 11.3. The number of fused-ring (bicyclic) bond motifs is 1. The normalized spacial score (nSPS) is 13.5. The molecule has 1 aliphatic carbocycles. The highest BCUT2D eigenvalue weighted by Gasteiger charge is 2.09. The van der Waals surface area contributed by atoms with Crippen molar-refractivity contribution in [3.8, 4) is 0 Å². The number of hydrogen-bond acceptors (Lipinski definition) is 2. The first kappa shape index (κ1) is 9.00. The van der Waals surface area contributed by atoms with Crippen molar-refractivity contribution in [2.45, 2.75) is 12.8 Å². The summed E-state index contributed by atoms with van der Waals surface area (Å²) in [6.07, 6.45) is 6.31. The number of ether oxygens (including phenoxy) is 1. The number of esters is 1. The Morgan fingerprint density at radius 2 is 2.29 bits per heavy atom. The topological polar surface area (TPSA) is 26.3 Å². The van der Waals surface area contributed by atoms with Gasteiger partial charge in [0.05, 0.1) is 12.7 Å². The predicted octanol–water partition coefficient (Wildman–Crippen LogP) is 2.43. The third-order valence-electron chi connectivity index (χ3n) is 2.44. The van der Waals surface area contributed by atoms with Gasteiger partial charge in [-0.3, -0.25) is 0 Å². The Morgan fingerprint density at radius 1 is 1.43 bits per heavy atom. The maximum Gasteiger partial charge on any atom is 0.337 e. The minimum absolute atomic E-state index is 0.262. The fraction of sp³-hybridized carbons (Fsp3) is 0.250. The molecule has 0 saturated carbocycles. The largest absolute Gasteiger partial charge is 0.465 e. The van der Waals surface area contributed by atoms with Crippen LogP contribution in [0, 0.1) is 0 Å². The molecule has 0 aromatic heterocycles. The molecular weight excluding hydrogens is 176 g/mol. The lowest BCUT2D eigenvalue weighted by Crippen LogP contribution is -2.03. The zero-order valence-corrected chi connectivity index (χ0v) is 8.12. The first-order valence-corrected chi connectivity index (χ1v) is 4.69. The molecule has 1 aromatic carbocycles. The average molecular weight is 188 g/mol. The Hall–Kier alpha value is -1.57. The van der Waals surface area contributed by atoms with Gasteiger partial charge < -0.3 is 4.74 Å². The summed E-state index contributed by atoms with van der Waals surface area (Å²) in [7, 11) is 1.40. The molecule has 0 fully saturated rings. The summed E-state index contributed by atoms with van der Waals surface area (Å²) in [5, 5.41) is 0. The van der Waals surface area contributed by atoms with Crippen LogP contribution in [0.2, 0.25) is 0 Å². The second-order valence-corrected chi connectivity index (χ2v) is 3.35. The van der Waals surface area contributed by atoms with Crippen molar-refractivity contribution in [3.63, 3.8) is 0 Å². The Bertz CT molecular complexity index is 391. The number of rotatable bonds is 1. The smallest absolute Gasteiger partial charge is 0.337 e. The van der Waals surface area contributed by atoms with Gasteiger partial charge in [-0.2, -0.15) is 0 Å². The van der Waals surface area contributed by atoms with E-state index in [1.54, 1.807) is 6.07 Å². The third kappa shape index (κ3) is 1.55. The summed E-state index contributed by atoms with van der Waals surface area (Å²) in [6.45, 7) is 0. The van der Waals surface area contributed by atoms with E-state index in [-0.39, 0.29) is 5.97 Å². The molecule has 14 heavy (non-hydrogen) atoms. The van der Waals surface area contributed by atoms with Crippen LogP contribution in [0.25, 0.3) is 6.08 Å². The fourth-order valence-corrected chi connectivity index (χ4v) is 1.68. The zero-order valence-electron chi connectivity index (χ0n) is 8.12. The van der Waals surface area contributed by atoms with E-state index >= 15 is 0 Å². The predicted molar refractivity (Wildman–Crippen MR) is 55.1 cm³/mol. The highest BCUT2D eigenvalue weighted by Crippen LogP contribution is 2.20. The van der Waals surface area contributed by atoms with Crippen LogP contribution in [-0.2, 0) is 11.2 Å². The van der Waals surface area contributed by atoms with Crippen molar-refractivity contribution in [2.24, 2.45) is 0 Å². The van der Waals surface area contributed by atoms with Crippen LogP contribution in [-0.4, -0.2) is 13.1 Å². The van der Waals surface area contributed by atoms with Crippen molar-refractivity contribution < 1.29 is 9.53 Å². The molecule has 2 rings (SSSR count). The summed E-state index contributed by atoms with van der Waals surface area (Å²) in [5.74, 6) is -0.262. The monoisotopic (exact) mass is 188 g/mol. The number of aryl methyl sites for hydroxylation is 1. The van der Waals surface area contributed by atoms with Gasteiger partial charge in [-0.05, 0) is 36.1 Å². The summed E-state index contributed by atoms with van der Waals surface area (Å²) in [5.41, 5.74) is 3.08. The van der Waals surface area contributed by atoms with Crippen molar-refractivity contribution in [3.05, 3.63) is 41.0 Å². The average Bonchev–Trinajstić information content (AvgIpc) is 2.27. The highest BCUT2D eigenvalue weighted by atomic mass is 16.5. The van der Waals surface area contributed by atoms with Crippen molar-refractivity contribution in [1.82, 2.24) is 0 Å².